The molecule has 0 aliphatic rings. The van der Waals surface area contributed by atoms with Crippen LogP contribution in [0.2, 0.25) is 5.15 Å². The summed E-state index contributed by atoms with van der Waals surface area (Å²) >= 11 is 7.51. The number of rotatable bonds is 6. The minimum atomic E-state index is -0.399. The third-order valence-electron chi connectivity index (χ3n) is 3.16. The van der Waals surface area contributed by atoms with Crippen molar-refractivity contribution < 1.29 is 9.90 Å². The number of imidazole rings is 1. The van der Waals surface area contributed by atoms with Gasteiger partial charge in [0.15, 0.2) is 10.1 Å². The number of amides is 1. The van der Waals surface area contributed by atoms with Crippen molar-refractivity contribution in [2.45, 2.75) is 26.4 Å². The van der Waals surface area contributed by atoms with Crippen LogP contribution in [-0.4, -0.2) is 33.0 Å². The van der Waals surface area contributed by atoms with E-state index in [1.807, 2.05) is 29.8 Å². The predicted octanol–water partition coefficient (Wildman–Crippen LogP) is 2.59. The van der Waals surface area contributed by atoms with Gasteiger partial charge in [0.2, 0.25) is 5.91 Å². The Morgan fingerprint density at radius 3 is 3.10 bits per heavy atom. The fourth-order valence-corrected chi connectivity index (χ4v) is 2.82. The summed E-state index contributed by atoms with van der Waals surface area (Å²) in [4.78, 5) is 16.7. The van der Waals surface area contributed by atoms with Crippen molar-refractivity contribution in [3.05, 3.63) is 28.5 Å². The van der Waals surface area contributed by atoms with Crippen LogP contribution in [0.5, 0.6) is 0 Å². The maximum absolute atomic E-state index is 11.7. The minimum Gasteiger partial charge on any atom is -0.393 e. The minimum absolute atomic E-state index is 0.190. The average molecular weight is 328 g/mol. The summed E-state index contributed by atoms with van der Waals surface area (Å²) < 4.78 is 1.83. The van der Waals surface area contributed by atoms with E-state index >= 15 is 0 Å². The molecule has 7 heteroatoms. The zero-order valence-corrected chi connectivity index (χ0v) is 13.5. The van der Waals surface area contributed by atoms with Crippen LogP contribution < -0.4 is 5.32 Å². The van der Waals surface area contributed by atoms with Crippen LogP contribution in [0.1, 0.15) is 26.0 Å². The lowest BCUT2D eigenvalue weighted by Gasteiger charge is -2.13. The van der Waals surface area contributed by atoms with E-state index in [-0.39, 0.29) is 11.8 Å². The van der Waals surface area contributed by atoms with Crippen LogP contribution in [0.15, 0.2) is 17.7 Å². The number of fused-ring (bicyclic) bond motifs is 1. The third-order valence-corrected chi connectivity index (χ3v) is 4.19. The van der Waals surface area contributed by atoms with E-state index in [2.05, 4.69) is 10.3 Å². The van der Waals surface area contributed by atoms with Crippen molar-refractivity contribution in [3.8, 4) is 0 Å². The molecule has 2 N–H and O–H groups in total. The van der Waals surface area contributed by atoms with Crippen LogP contribution in [0, 0.1) is 5.92 Å². The van der Waals surface area contributed by atoms with Crippen molar-refractivity contribution in [3.63, 3.8) is 0 Å². The molecule has 21 heavy (non-hydrogen) atoms. The normalized spacial score (nSPS) is 13.4. The highest BCUT2D eigenvalue weighted by Crippen LogP contribution is 2.22. The van der Waals surface area contributed by atoms with Crippen molar-refractivity contribution in [2.75, 3.05) is 6.54 Å². The van der Waals surface area contributed by atoms with Crippen molar-refractivity contribution in [2.24, 2.45) is 5.92 Å². The first kappa shape index (κ1) is 16.0. The molecule has 0 aromatic carbocycles. The molecule has 0 spiro atoms. The highest BCUT2D eigenvalue weighted by atomic mass is 35.5. The fourth-order valence-electron chi connectivity index (χ4n) is 1.82. The molecule has 114 valence electrons. The molecule has 0 aliphatic carbocycles. The van der Waals surface area contributed by atoms with Gasteiger partial charge in [-0.05, 0) is 18.4 Å². The summed E-state index contributed by atoms with van der Waals surface area (Å²) in [6, 6.07) is 0. The van der Waals surface area contributed by atoms with Crippen molar-refractivity contribution in [1.82, 2.24) is 14.7 Å². The summed E-state index contributed by atoms with van der Waals surface area (Å²) in [7, 11) is 0. The van der Waals surface area contributed by atoms with E-state index in [0.29, 0.717) is 23.8 Å². The number of carbonyl (C=O) groups is 1. The van der Waals surface area contributed by atoms with Crippen LogP contribution in [-0.2, 0) is 4.79 Å². The van der Waals surface area contributed by atoms with E-state index < -0.39 is 6.10 Å². The largest absolute Gasteiger partial charge is 0.393 e. The van der Waals surface area contributed by atoms with Crippen LogP contribution >= 0.6 is 22.9 Å². The molecule has 2 rings (SSSR count). The number of nitrogens with one attached hydrogen (secondary N) is 1. The standard InChI is InChI=1S/C14H18ClN3O2S/c1-9(2)11(19)5-6-16-12(20)4-3-10-13(15)17-14-18(10)7-8-21-14/h3-4,7-9,11,19H,5-6H2,1-2H3,(H,16,20). The Balaban J connectivity index is 1.90. The van der Waals surface area contributed by atoms with Gasteiger partial charge in [-0.3, -0.25) is 9.20 Å². The van der Waals surface area contributed by atoms with Gasteiger partial charge in [0.05, 0.1) is 11.8 Å². The number of aliphatic hydroxyl groups is 1. The first-order valence-corrected chi connectivity index (χ1v) is 8.00. The lowest BCUT2D eigenvalue weighted by molar-refractivity contribution is -0.116. The first-order valence-electron chi connectivity index (χ1n) is 6.74. The van der Waals surface area contributed by atoms with Crippen LogP contribution in [0.3, 0.4) is 0 Å². The summed E-state index contributed by atoms with van der Waals surface area (Å²) in [6.07, 6.45) is 5.07. The monoisotopic (exact) mass is 327 g/mol. The molecule has 0 saturated heterocycles. The van der Waals surface area contributed by atoms with Gasteiger partial charge in [0, 0.05) is 24.2 Å². The fraction of sp³-hybridized carbons (Fsp3) is 0.429. The van der Waals surface area contributed by atoms with Gasteiger partial charge in [0.25, 0.3) is 0 Å². The third kappa shape index (κ3) is 4.06. The van der Waals surface area contributed by atoms with Crippen molar-refractivity contribution in [1.29, 1.82) is 0 Å². The van der Waals surface area contributed by atoms with Crippen LogP contribution in [0.4, 0.5) is 0 Å². The Labute approximate surface area is 132 Å². The Morgan fingerprint density at radius 2 is 2.38 bits per heavy atom. The zero-order valence-electron chi connectivity index (χ0n) is 11.9. The molecule has 1 unspecified atom stereocenters. The van der Waals surface area contributed by atoms with E-state index in [4.69, 9.17) is 11.6 Å². The summed E-state index contributed by atoms with van der Waals surface area (Å²) in [5, 5.41) is 14.7. The number of halogens is 1. The topological polar surface area (TPSA) is 66.6 Å². The number of carbonyl (C=O) groups excluding carboxylic acids is 1. The molecular weight excluding hydrogens is 310 g/mol. The second kappa shape index (κ2) is 7.06. The molecule has 0 fully saturated rings. The molecule has 1 amide bonds. The molecule has 2 aromatic heterocycles. The summed E-state index contributed by atoms with van der Waals surface area (Å²) in [6.45, 7) is 4.33. The molecule has 2 heterocycles. The highest BCUT2D eigenvalue weighted by Gasteiger charge is 2.10. The van der Waals surface area contributed by atoms with E-state index in [1.54, 1.807) is 6.08 Å². The molecule has 2 aromatic rings. The summed E-state index contributed by atoms with van der Waals surface area (Å²) in [5.74, 6) is -0.0258. The Morgan fingerprint density at radius 1 is 1.62 bits per heavy atom. The second-order valence-corrected chi connectivity index (χ2v) is 6.30. The van der Waals surface area contributed by atoms with Gasteiger partial charge in [-0.15, -0.1) is 11.3 Å². The Kier molecular flexibility index (Phi) is 5.39. The average Bonchev–Trinajstić information content (AvgIpc) is 2.97. The number of hydrogen-bond acceptors (Lipinski definition) is 4. The van der Waals surface area contributed by atoms with Gasteiger partial charge in [-0.25, -0.2) is 4.98 Å². The van der Waals surface area contributed by atoms with Crippen LogP contribution in [0.25, 0.3) is 11.0 Å². The van der Waals surface area contributed by atoms with Gasteiger partial charge in [-0.2, -0.15) is 0 Å². The maximum Gasteiger partial charge on any atom is 0.244 e. The molecule has 0 saturated carbocycles. The lowest BCUT2D eigenvalue weighted by Crippen LogP contribution is -2.27. The van der Waals surface area contributed by atoms with Gasteiger partial charge in [0.1, 0.15) is 0 Å². The number of nitrogens with zero attached hydrogens (tertiary/aromatic N) is 2. The molecule has 5 nitrogen and oxygen atoms in total. The van der Waals surface area contributed by atoms with Gasteiger partial charge < -0.3 is 10.4 Å². The number of aromatic nitrogens is 2. The smallest absolute Gasteiger partial charge is 0.244 e. The Bertz CT molecular complexity index is 648. The number of thiazole rings is 1. The van der Waals surface area contributed by atoms with E-state index in [1.165, 1.54) is 17.4 Å². The van der Waals surface area contributed by atoms with Gasteiger partial charge in [-0.1, -0.05) is 25.4 Å². The predicted molar refractivity (Wildman–Crippen MR) is 85.6 cm³/mol. The molecule has 0 aliphatic heterocycles. The van der Waals surface area contributed by atoms with E-state index in [0.717, 1.165) is 4.96 Å². The second-order valence-electron chi connectivity index (χ2n) is 5.07. The number of aliphatic hydroxyl groups excluding tert-OH is 1. The highest BCUT2D eigenvalue weighted by molar-refractivity contribution is 7.15. The zero-order chi connectivity index (χ0) is 15.4. The maximum atomic E-state index is 11.7. The Hall–Kier alpha value is -1.37. The van der Waals surface area contributed by atoms with Crippen molar-refractivity contribution >= 4 is 39.9 Å². The number of hydrogen-bond donors (Lipinski definition) is 2. The van der Waals surface area contributed by atoms with Gasteiger partial charge >= 0.3 is 0 Å². The molecule has 0 radical (unpaired) electrons. The molecule has 0 bridgehead atoms. The molecule has 1 atom stereocenters. The summed E-state index contributed by atoms with van der Waals surface area (Å²) in [5.41, 5.74) is 0.685. The van der Waals surface area contributed by atoms with E-state index in [9.17, 15) is 9.90 Å². The first-order chi connectivity index (χ1) is 9.99. The SMILES string of the molecule is CC(C)C(O)CCNC(=O)C=Cc1c(Cl)nc2sccn12. The quantitative estimate of drug-likeness (QED) is 0.801. The molecular formula is C14H18ClN3O2S. The lowest BCUT2D eigenvalue weighted by atomic mass is 10.0.